The summed E-state index contributed by atoms with van der Waals surface area (Å²) in [5.74, 6) is 2.49. The molecule has 1 heterocycles. The molecule has 19 heavy (non-hydrogen) atoms. The molecule has 1 N–H and O–H groups in total. The fourth-order valence-corrected chi connectivity index (χ4v) is 3.77. The highest BCUT2D eigenvalue weighted by Gasteiger charge is 2.40. The Kier molecular flexibility index (Phi) is 3.49. The zero-order chi connectivity index (χ0) is 13.2. The van der Waals surface area contributed by atoms with E-state index in [1.165, 1.54) is 25.7 Å². The molecule has 4 nitrogen and oxygen atoms in total. The maximum absolute atomic E-state index is 12.1. The first kappa shape index (κ1) is 12.6. The summed E-state index contributed by atoms with van der Waals surface area (Å²) in [6.45, 7) is 1.96. The number of rotatable bonds is 4. The van der Waals surface area contributed by atoms with Crippen LogP contribution in [0.5, 0.6) is 0 Å². The van der Waals surface area contributed by atoms with Gasteiger partial charge >= 0.3 is 0 Å². The molecule has 102 valence electrons. The van der Waals surface area contributed by atoms with E-state index in [0.29, 0.717) is 12.3 Å². The number of carbonyl (C=O) groups excluding carboxylic acids is 1. The molecule has 1 aromatic heterocycles. The molecule has 0 aromatic carbocycles. The highest BCUT2D eigenvalue weighted by Crippen LogP contribution is 2.49. The molecule has 4 atom stereocenters. The molecule has 2 bridgehead atoms. The molecule has 0 radical (unpaired) electrons. The van der Waals surface area contributed by atoms with Gasteiger partial charge < -0.3 is 5.32 Å². The SMILES string of the molecule is C[C@@H](NC(=O)CC1CC2CCC1C2)c1cnccn1. The molecule has 3 unspecified atom stereocenters. The minimum Gasteiger partial charge on any atom is -0.348 e. The second-order valence-corrected chi connectivity index (χ2v) is 6.06. The monoisotopic (exact) mass is 259 g/mol. The lowest BCUT2D eigenvalue weighted by molar-refractivity contribution is -0.123. The van der Waals surface area contributed by atoms with Gasteiger partial charge in [-0.15, -0.1) is 0 Å². The highest BCUT2D eigenvalue weighted by atomic mass is 16.1. The van der Waals surface area contributed by atoms with E-state index in [2.05, 4.69) is 15.3 Å². The van der Waals surface area contributed by atoms with Crippen LogP contribution in [-0.4, -0.2) is 15.9 Å². The van der Waals surface area contributed by atoms with Gasteiger partial charge in [0.2, 0.25) is 5.91 Å². The first-order chi connectivity index (χ1) is 9.22. The molecule has 3 rings (SSSR count). The van der Waals surface area contributed by atoms with Gasteiger partial charge in [0.25, 0.3) is 0 Å². The van der Waals surface area contributed by atoms with Crippen molar-refractivity contribution < 1.29 is 4.79 Å². The third-order valence-electron chi connectivity index (χ3n) is 4.74. The van der Waals surface area contributed by atoms with Crippen molar-refractivity contribution in [2.75, 3.05) is 0 Å². The summed E-state index contributed by atoms with van der Waals surface area (Å²) in [6.07, 6.45) is 11.0. The Balaban J connectivity index is 1.51. The minimum atomic E-state index is -0.0557. The maximum atomic E-state index is 12.1. The number of carbonyl (C=O) groups is 1. The molecular formula is C15H21N3O. The Hall–Kier alpha value is -1.45. The molecule has 2 aliphatic rings. The summed E-state index contributed by atoms with van der Waals surface area (Å²) < 4.78 is 0. The normalized spacial score (nSPS) is 30.3. The van der Waals surface area contributed by atoms with Crippen LogP contribution >= 0.6 is 0 Å². The van der Waals surface area contributed by atoms with Crippen molar-refractivity contribution in [3.63, 3.8) is 0 Å². The number of amides is 1. The van der Waals surface area contributed by atoms with Crippen LogP contribution in [-0.2, 0) is 4.79 Å². The van der Waals surface area contributed by atoms with E-state index in [1.807, 2.05) is 6.92 Å². The van der Waals surface area contributed by atoms with Gasteiger partial charge in [0.15, 0.2) is 0 Å². The van der Waals surface area contributed by atoms with Crippen molar-refractivity contribution in [1.29, 1.82) is 0 Å². The van der Waals surface area contributed by atoms with Crippen LogP contribution in [0.4, 0.5) is 0 Å². The number of nitrogens with zero attached hydrogens (tertiary/aromatic N) is 2. The molecule has 0 spiro atoms. The van der Waals surface area contributed by atoms with Gasteiger partial charge in [-0.3, -0.25) is 14.8 Å². The fraction of sp³-hybridized carbons (Fsp3) is 0.667. The molecule has 2 aliphatic carbocycles. The van der Waals surface area contributed by atoms with Gasteiger partial charge in [0.1, 0.15) is 0 Å². The number of hydrogen-bond acceptors (Lipinski definition) is 3. The van der Waals surface area contributed by atoms with Gasteiger partial charge in [-0.2, -0.15) is 0 Å². The van der Waals surface area contributed by atoms with Crippen molar-refractivity contribution in [2.24, 2.45) is 17.8 Å². The van der Waals surface area contributed by atoms with Crippen molar-refractivity contribution in [1.82, 2.24) is 15.3 Å². The summed E-state index contributed by atoms with van der Waals surface area (Å²) in [6, 6.07) is -0.0557. The average Bonchev–Trinajstić information content (AvgIpc) is 3.02. The number of fused-ring (bicyclic) bond motifs is 2. The van der Waals surface area contributed by atoms with Crippen LogP contribution in [0.3, 0.4) is 0 Å². The molecular weight excluding hydrogens is 238 g/mol. The Labute approximate surface area is 114 Å². The fourth-order valence-electron chi connectivity index (χ4n) is 3.77. The van der Waals surface area contributed by atoms with Gasteiger partial charge in [-0.25, -0.2) is 0 Å². The van der Waals surface area contributed by atoms with E-state index in [9.17, 15) is 4.79 Å². The second kappa shape index (κ2) is 5.27. The van der Waals surface area contributed by atoms with E-state index in [0.717, 1.165) is 17.5 Å². The van der Waals surface area contributed by atoms with Crippen LogP contribution < -0.4 is 5.32 Å². The van der Waals surface area contributed by atoms with Gasteiger partial charge in [-0.1, -0.05) is 6.42 Å². The second-order valence-electron chi connectivity index (χ2n) is 6.06. The van der Waals surface area contributed by atoms with Gasteiger partial charge in [0, 0.05) is 18.8 Å². The molecule has 0 saturated heterocycles. The van der Waals surface area contributed by atoms with Crippen molar-refractivity contribution in [3.8, 4) is 0 Å². The molecule has 1 aromatic rings. The van der Waals surface area contributed by atoms with Crippen LogP contribution in [0.15, 0.2) is 18.6 Å². The van der Waals surface area contributed by atoms with E-state index < -0.39 is 0 Å². The summed E-state index contributed by atoms with van der Waals surface area (Å²) >= 11 is 0. The lowest BCUT2D eigenvalue weighted by Crippen LogP contribution is -2.30. The summed E-state index contributed by atoms with van der Waals surface area (Å²) in [5, 5.41) is 3.04. The van der Waals surface area contributed by atoms with Crippen molar-refractivity contribution >= 4 is 5.91 Å². The zero-order valence-electron chi connectivity index (χ0n) is 11.4. The summed E-state index contributed by atoms with van der Waals surface area (Å²) in [5.41, 5.74) is 0.823. The van der Waals surface area contributed by atoms with E-state index >= 15 is 0 Å². The molecule has 1 amide bonds. The predicted octanol–water partition coefficient (Wildman–Crippen LogP) is 2.48. The Morgan fingerprint density at radius 1 is 1.42 bits per heavy atom. The third-order valence-corrected chi connectivity index (χ3v) is 4.74. The van der Waals surface area contributed by atoms with Gasteiger partial charge in [-0.05, 0) is 43.9 Å². The van der Waals surface area contributed by atoms with Crippen molar-refractivity contribution in [3.05, 3.63) is 24.3 Å². The highest BCUT2D eigenvalue weighted by molar-refractivity contribution is 5.76. The number of nitrogens with one attached hydrogen (secondary N) is 1. The molecule has 2 saturated carbocycles. The minimum absolute atomic E-state index is 0.0557. The Morgan fingerprint density at radius 2 is 2.32 bits per heavy atom. The van der Waals surface area contributed by atoms with E-state index in [1.54, 1.807) is 18.6 Å². The summed E-state index contributed by atoms with van der Waals surface area (Å²) in [4.78, 5) is 20.4. The largest absolute Gasteiger partial charge is 0.348 e. The molecule has 4 heteroatoms. The maximum Gasteiger partial charge on any atom is 0.220 e. The lowest BCUT2D eigenvalue weighted by atomic mass is 9.86. The summed E-state index contributed by atoms with van der Waals surface area (Å²) in [7, 11) is 0. The topological polar surface area (TPSA) is 54.9 Å². The van der Waals surface area contributed by atoms with Gasteiger partial charge in [0.05, 0.1) is 17.9 Å². The first-order valence-corrected chi connectivity index (χ1v) is 7.27. The standard InChI is InChI=1S/C15H21N3O/c1-10(14-9-16-4-5-17-14)18-15(19)8-13-7-11-2-3-12(13)6-11/h4-5,9-13H,2-3,6-8H2,1H3,(H,18,19)/t10-,11?,12?,13?/m1/s1. The van der Waals surface area contributed by atoms with Crippen LogP contribution in [0.25, 0.3) is 0 Å². The first-order valence-electron chi connectivity index (χ1n) is 7.27. The molecule has 2 fully saturated rings. The average molecular weight is 259 g/mol. The zero-order valence-corrected chi connectivity index (χ0v) is 11.4. The van der Waals surface area contributed by atoms with Crippen LogP contribution in [0.1, 0.15) is 50.8 Å². The van der Waals surface area contributed by atoms with Crippen LogP contribution in [0.2, 0.25) is 0 Å². The number of aromatic nitrogens is 2. The lowest BCUT2D eigenvalue weighted by Gasteiger charge is -2.22. The van der Waals surface area contributed by atoms with Crippen LogP contribution in [0, 0.1) is 17.8 Å². The van der Waals surface area contributed by atoms with E-state index in [-0.39, 0.29) is 11.9 Å². The van der Waals surface area contributed by atoms with E-state index in [4.69, 9.17) is 0 Å². The third kappa shape index (κ3) is 2.77. The van der Waals surface area contributed by atoms with Crippen molar-refractivity contribution in [2.45, 2.75) is 45.1 Å². The molecule has 0 aliphatic heterocycles. The Morgan fingerprint density at radius 3 is 2.95 bits per heavy atom. The quantitative estimate of drug-likeness (QED) is 0.903. The number of hydrogen-bond donors (Lipinski definition) is 1. The smallest absolute Gasteiger partial charge is 0.220 e. The Bertz CT molecular complexity index is 448. The predicted molar refractivity (Wildman–Crippen MR) is 72.1 cm³/mol.